The first-order chi connectivity index (χ1) is 10.6. The van der Waals surface area contributed by atoms with Crippen molar-refractivity contribution in [3.63, 3.8) is 0 Å². The van der Waals surface area contributed by atoms with Gasteiger partial charge in [0, 0.05) is 24.3 Å². The number of nitrogens with one attached hydrogen (secondary N) is 1. The summed E-state index contributed by atoms with van der Waals surface area (Å²) in [5.41, 5.74) is 7.57. The second-order valence-corrected chi connectivity index (χ2v) is 5.74. The van der Waals surface area contributed by atoms with Crippen molar-refractivity contribution in [3.05, 3.63) is 40.3 Å². The molecule has 2 aromatic rings. The van der Waals surface area contributed by atoms with Gasteiger partial charge in [0.05, 0.1) is 5.69 Å². The minimum absolute atomic E-state index is 0.0388. The van der Waals surface area contributed by atoms with Crippen LogP contribution >= 0.6 is 0 Å². The third-order valence-corrected chi connectivity index (χ3v) is 4.05. The van der Waals surface area contributed by atoms with Crippen LogP contribution in [0.15, 0.2) is 29.2 Å². The second kappa shape index (κ2) is 5.81. The number of nitrogens with zero attached hydrogens (tertiary/aromatic N) is 2. The number of aromatic hydroxyl groups is 1. The Kier molecular flexibility index (Phi) is 3.85. The number of phenolic OH excluding ortho intramolecular Hbond substituents is 1. The van der Waals surface area contributed by atoms with E-state index in [9.17, 15) is 9.90 Å². The van der Waals surface area contributed by atoms with Gasteiger partial charge in [0.15, 0.2) is 5.82 Å². The van der Waals surface area contributed by atoms with Crippen LogP contribution in [0, 0.1) is 6.92 Å². The highest BCUT2D eigenvalue weighted by Gasteiger charge is 2.19. The fraction of sp³-hybridized carbons (Fsp3) is 0.375. The average molecular weight is 300 g/mol. The number of rotatable bonds is 2. The second-order valence-electron chi connectivity index (χ2n) is 5.74. The zero-order chi connectivity index (χ0) is 15.7. The minimum Gasteiger partial charge on any atom is -0.507 e. The molecule has 0 amide bonds. The molecule has 3 rings (SSSR count). The molecule has 1 fully saturated rings. The highest BCUT2D eigenvalue weighted by Crippen LogP contribution is 2.29. The molecule has 1 atom stereocenters. The molecule has 0 spiro atoms. The van der Waals surface area contributed by atoms with Gasteiger partial charge in [-0.05, 0) is 44.0 Å². The van der Waals surface area contributed by atoms with Crippen LogP contribution < -0.4 is 16.6 Å². The highest BCUT2D eigenvalue weighted by molar-refractivity contribution is 5.67. The Bertz CT molecular complexity index is 748. The van der Waals surface area contributed by atoms with E-state index in [-0.39, 0.29) is 23.2 Å². The molecule has 0 saturated carbocycles. The Morgan fingerprint density at radius 1 is 1.45 bits per heavy atom. The van der Waals surface area contributed by atoms with Crippen molar-refractivity contribution in [2.45, 2.75) is 25.8 Å². The molecule has 0 radical (unpaired) electrons. The van der Waals surface area contributed by atoms with E-state index in [4.69, 9.17) is 5.73 Å². The van der Waals surface area contributed by atoms with E-state index in [1.165, 1.54) is 0 Å². The monoisotopic (exact) mass is 300 g/mol. The van der Waals surface area contributed by atoms with Crippen molar-refractivity contribution in [1.29, 1.82) is 0 Å². The van der Waals surface area contributed by atoms with E-state index in [0.717, 1.165) is 31.5 Å². The van der Waals surface area contributed by atoms with E-state index in [0.29, 0.717) is 11.3 Å². The highest BCUT2D eigenvalue weighted by atomic mass is 16.3. The summed E-state index contributed by atoms with van der Waals surface area (Å²) in [5.74, 6) is 0.0990. The number of benzene rings is 1. The maximum absolute atomic E-state index is 12.3. The van der Waals surface area contributed by atoms with Crippen LogP contribution in [0.1, 0.15) is 24.4 Å². The quantitative estimate of drug-likeness (QED) is 0.780. The summed E-state index contributed by atoms with van der Waals surface area (Å²) in [6.07, 6.45) is 3.64. The summed E-state index contributed by atoms with van der Waals surface area (Å²) in [6, 6.07) is 5.42. The van der Waals surface area contributed by atoms with Crippen LogP contribution in [-0.2, 0) is 0 Å². The molecule has 6 heteroatoms. The summed E-state index contributed by atoms with van der Waals surface area (Å²) in [7, 11) is 0. The Balaban J connectivity index is 2.09. The molecule has 0 bridgehead atoms. The lowest BCUT2D eigenvalue weighted by Crippen LogP contribution is -2.37. The van der Waals surface area contributed by atoms with E-state index in [2.05, 4.69) is 10.3 Å². The smallest absolute Gasteiger partial charge is 0.293 e. The summed E-state index contributed by atoms with van der Waals surface area (Å²) >= 11 is 0. The van der Waals surface area contributed by atoms with Gasteiger partial charge < -0.3 is 20.7 Å². The summed E-state index contributed by atoms with van der Waals surface area (Å²) in [6.45, 7) is 3.61. The number of aryl methyl sites for hydroxylation is 1. The Morgan fingerprint density at radius 3 is 2.95 bits per heavy atom. The normalized spacial score (nSPS) is 18.3. The van der Waals surface area contributed by atoms with E-state index in [1.807, 2.05) is 13.0 Å². The van der Waals surface area contributed by atoms with Gasteiger partial charge in [0.25, 0.3) is 5.56 Å². The van der Waals surface area contributed by atoms with Gasteiger partial charge in [0.1, 0.15) is 5.75 Å². The molecule has 1 aliphatic rings. The number of aromatic nitrogens is 2. The van der Waals surface area contributed by atoms with Gasteiger partial charge in [-0.1, -0.05) is 6.07 Å². The Labute approximate surface area is 128 Å². The molecule has 116 valence electrons. The first-order valence-corrected chi connectivity index (χ1v) is 7.45. The van der Waals surface area contributed by atoms with Crippen LogP contribution in [0.2, 0.25) is 0 Å². The largest absolute Gasteiger partial charge is 0.507 e. The predicted octanol–water partition coefficient (Wildman–Crippen LogP) is 1.43. The van der Waals surface area contributed by atoms with Crippen LogP contribution in [0.5, 0.6) is 5.75 Å². The molecule has 1 unspecified atom stereocenters. The van der Waals surface area contributed by atoms with Crippen molar-refractivity contribution in [2.24, 2.45) is 0 Å². The van der Waals surface area contributed by atoms with Gasteiger partial charge in [-0.15, -0.1) is 0 Å². The lowest BCUT2D eigenvalue weighted by atomic mass is 10.1. The molecule has 2 heterocycles. The van der Waals surface area contributed by atoms with Crippen molar-refractivity contribution >= 4 is 5.82 Å². The number of piperidine rings is 1. The van der Waals surface area contributed by atoms with Crippen LogP contribution in [0.4, 0.5) is 5.82 Å². The van der Waals surface area contributed by atoms with Crippen LogP contribution in [0.25, 0.3) is 11.3 Å². The summed E-state index contributed by atoms with van der Waals surface area (Å²) in [4.78, 5) is 16.4. The number of hydrogen-bond acceptors (Lipinski definition) is 5. The van der Waals surface area contributed by atoms with Crippen molar-refractivity contribution in [3.8, 4) is 17.0 Å². The number of anilines is 1. The molecule has 4 N–H and O–H groups in total. The molecule has 22 heavy (non-hydrogen) atoms. The maximum Gasteiger partial charge on any atom is 0.293 e. The predicted molar refractivity (Wildman–Crippen MR) is 85.9 cm³/mol. The van der Waals surface area contributed by atoms with Gasteiger partial charge in [0.2, 0.25) is 0 Å². The average Bonchev–Trinajstić information content (AvgIpc) is 2.51. The van der Waals surface area contributed by atoms with Crippen molar-refractivity contribution in [1.82, 2.24) is 14.9 Å². The lowest BCUT2D eigenvalue weighted by molar-refractivity contribution is 0.364. The van der Waals surface area contributed by atoms with Gasteiger partial charge in [-0.2, -0.15) is 0 Å². The van der Waals surface area contributed by atoms with Gasteiger partial charge in [-0.25, -0.2) is 4.98 Å². The molecular formula is C16H20N4O2. The molecule has 1 aromatic carbocycles. The van der Waals surface area contributed by atoms with Crippen molar-refractivity contribution in [2.75, 3.05) is 18.8 Å². The van der Waals surface area contributed by atoms with Crippen LogP contribution in [0.3, 0.4) is 0 Å². The number of phenols is 1. The fourth-order valence-electron chi connectivity index (χ4n) is 2.86. The van der Waals surface area contributed by atoms with E-state index >= 15 is 0 Å². The number of nitrogens with two attached hydrogens (primary N) is 1. The fourth-order valence-corrected chi connectivity index (χ4v) is 2.86. The summed E-state index contributed by atoms with van der Waals surface area (Å²) < 4.78 is 1.64. The Hall–Kier alpha value is -2.34. The van der Waals surface area contributed by atoms with E-state index in [1.54, 1.807) is 22.9 Å². The molecule has 1 aliphatic heterocycles. The van der Waals surface area contributed by atoms with E-state index < -0.39 is 0 Å². The molecular weight excluding hydrogens is 280 g/mol. The molecule has 6 nitrogen and oxygen atoms in total. The van der Waals surface area contributed by atoms with Crippen LogP contribution in [-0.4, -0.2) is 27.7 Å². The zero-order valence-electron chi connectivity index (χ0n) is 12.5. The third-order valence-electron chi connectivity index (χ3n) is 4.05. The topological polar surface area (TPSA) is 93.2 Å². The SMILES string of the molecule is Cc1ccc(-c2cn(C3CCCNC3)c(=O)c(N)n2)c(O)c1. The third kappa shape index (κ3) is 2.69. The number of hydrogen-bond donors (Lipinski definition) is 3. The van der Waals surface area contributed by atoms with Gasteiger partial charge >= 0.3 is 0 Å². The van der Waals surface area contributed by atoms with Gasteiger partial charge in [-0.3, -0.25) is 4.79 Å². The standard InChI is InChI=1S/C16H20N4O2/c1-10-4-5-12(14(21)7-10)13-9-20(16(22)15(17)19-13)11-3-2-6-18-8-11/h4-5,7,9,11,18,21H,2-3,6,8H2,1H3,(H2,17,19). The Morgan fingerprint density at radius 2 is 2.27 bits per heavy atom. The first-order valence-electron chi connectivity index (χ1n) is 7.45. The minimum atomic E-state index is -0.274. The lowest BCUT2D eigenvalue weighted by Gasteiger charge is -2.25. The zero-order valence-corrected chi connectivity index (χ0v) is 12.5. The molecule has 0 aliphatic carbocycles. The first kappa shape index (κ1) is 14.6. The van der Waals surface area contributed by atoms with Crippen molar-refractivity contribution < 1.29 is 5.11 Å². The summed E-state index contributed by atoms with van der Waals surface area (Å²) in [5, 5.41) is 13.4. The molecule has 1 aromatic heterocycles. The number of nitrogen functional groups attached to an aromatic ring is 1. The maximum atomic E-state index is 12.3. The molecule has 1 saturated heterocycles.